The summed E-state index contributed by atoms with van der Waals surface area (Å²) in [7, 11) is 0. The number of hydrogen-bond donors (Lipinski definition) is 2. The minimum atomic E-state index is -3.16. The highest BCUT2D eigenvalue weighted by Crippen LogP contribution is 2.33. The number of rotatable bonds is 6. The lowest BCUT2D eigenvalue weighted by atomic mass is 10.3. The van der Waals surface area contributed by atoms with E-state index in [1.165, 1.54) is 12.1 Å². The molecule has 4 nitrogen and oxygen atoms in total. The van der Waals surface area contributed by atoms with E-state index < -0.39 is 31.5 Å². The van der Waals surface area contributed by atoms with E-state index in [-0.39, 0.29) is 33.2 Å². The molecule has 1 rings (SSSR count). The summed E-state index contributed by atoms with van der Waals surface area (Å²) < 4.78 is 30.7. The smallest absolute Gasteiger partial charge is 0.277 e. The third-order valence-corrected chi connectivity index (χ3v) is 3.19. The van der Waals surface area contributed by atoms with Crippen LogP contribution in [-0.2, 0) is 4.79 Å². The molecule has 0 saturated heterocycles. The Balaban J connectivity index is 0.00000400. The summed E-state index contributed by atoms with van der Waals surface area (Å²) in [4.78, 5) is 11.3. The maximum absolute atomic E-state index is 12.8. The van der Waals surface area contributed by atoms with Gasteiger partial charge in [0.25, 0.3) is 11.8 Å². The van der Waals surface area contributed by atoms with Crippen LogP contribution in [0.3, 0.4) is 0 Å². The zero-order chi connectivity index (χ0) is 15.3. The van der Waals surface area contributed by atoms with Crippen molar-refractivity contribution in [2.75, 3.05) is 19.7 Å². The normalized spacial score (nSPS) is 10.8. The summed E-state index contributed by atoms with van der Waals surface area (Å²) in [5.74, 6) is -3.77. The molecule has 21 heavy (non-hydrogen) atoms. The Bertz CT molecular complexity index is 503. The molecule has 0 atom stereocenters. The number of ether oxygens (including phenoxy) is 1. The van der Waals surface area contributed by atoms with Gasteiger partial charge in [0.1, 0.15) is 5.75 Å². The van der Waals surface area contributed by atoms with Crippen molar-refractivity contribution in [1.29, 1.82) is 0 Å². The SMILES string of the molecule is Cl.NCC(F)(F)CNC(=O)COc1cc(Cl)c(Cl)cc1Cl. The second-order valence-corrected chi connectivity index (χ2v) is 5.04. The van der Waals surface area contributed by atoms with Gasteiger partial charge in [-0.3, -0.25) is 4.79 Å². The maximum atomic E-state index is 12.8. The van der Waals surface area contributed by atoms with E-state index in [0.717, 1.165) is 0 Å². The molecule has 0 fully saturated rings. The van der Waals surface area contributed by atoms with Crippen molar-refractivity contribution in [1.82, 2.24) is 5.32 Å². The molecule has 1 aromatic carbocycles. The molecule has 0 aliphatic carbocycles. The summed E-state index contributed by atoms with van der Waals surface area (Å²) in [5.41, 5.74) is 4.83. The van der Waals surface area contributed by atoms with E-state index in [2.05, 4.69) is 0 Å². The summed E-state index contributed by atoms with van der Waals surface area (Å²) >= 11 is 17.3. The van der Waals surface area contributed by atoms with Gasteiger partial charge >= 0.3 is 0 Å². The van der Waals surface area contributed by atoms with Crippen LogP contribution in [-0.4, -0.2) is 31.5 Å². The third-order valence-electron chi connectivity index (χ3n) is 2.18. The second kappa shape index (κ2) is 8.80. The third kappa shape index (κ3) is 6.84. The van der Waals surface area contributed by atoms with Crippen LogP contribution in [0.4, 0.5) is 8.78 Å². The zero-order valence-corrected chi connectivity index (χ0v) is 13.6. The molecule has 3 N–H and O–H groups in total. The van der Waals surface area contributed by atoms with E-state index >= 15 is 0 Å². The number of amides is 1. The highest BCUT2D eigenvalue weighted by atomic mass is 35.5. The van der Waals surface area contributed by atoms with Crippen LogP contribution in [0.15, 0.2) is 12.1 Å². The van der Waals surface area contributed by atoms with Crippen molar-refractivity contribution < 1.29 is 18.3 Å². The maximum Gasteiger partial charge on any atom is 0.277 e. The second-order valence-electron chi connectivity index (χ2n) is 3.82. The van der Waals surface area contributed by atoms with Crippen LogP contribution in [0.25, 0.3) is 0 Å². The lowest BCUT2D eigenvalue weighted by molar-refractivity contribution is -0.124. The molecular formula is C11H12Cl4F2N2O2. The fourth-order valence-electron chi connectivity index (χ4n) is 1.11. The van der Waals surface area contributed by atoms with Crippen LogP contribution < -0.4 is 15.8 Å². The molecule has 120 valence electrons. The van der Waals surface area contributed by atoms with Gasteiger partial charge in [0, 0.05) is 6.07 Å². The highest BCUT2D eigenvalue weighted by molar-refractivity contribution is 6.43. The van der Waals surface area contributed by atoms with Gasteiger partial charge < -0.3 is 15.8 Å². The number of hydrogen-bond acceptors (Lipinski definition) is 3. The van der Waals surface area contributed by atoms with Gasteiger partial charge in [-0.25, -0.2) is 8.78 Å². The van der Waals surface area contributed by atoms with Crippen LogP contribution in [0.1, 0.15) is 0 Å². The van der Waals surface area contributed by atoms with E-state index in [4.69, 9.17) is 45.3 Å². The molecule has 0 aliphatic rings. The molecule has 1 amide bonds. The van der Waals surface area contributed by atoms with Gasteiger partial charge in [0.2, 0.25) is 0 Å². The number of nitrogens with two attached hydrogens (primary N) is 1. The van der Waals surface area contributed by atoms with Gasteiger partial charge in [-0.15, -0.1) is 12.4 Å². The summed E-state index contributed by atoms with van der Waals surface area (Å²) in [6.07, 6.45) is 0. The van der Waals surface area contributed by atoms with Gasteiger partial charge in [-0.1, -0.05) is 34.8 Å². The minimum absolute atomic E-state index is 0. The lowest BCUT2D eigenvalue weighted by Gasteiger charge is -2.15. The number of benzene rings is 1. The molecule has 0 aliphatic heterocycles. The molecule has 0 saturated carbocycles. The van der Waals surface area contributed by atoms with Crippen molar-refractivity contribution in [2.24, 2.45) is 5.73 Å². The number of nitrogens with one attached hydrogen (secondary N) is 1. The lowest BCUT2D eigenvalue weighted by Crippen LogP contribution is -2.43. The molecular weight excluding hydrogens is 372 g/mol. The molecule has 0 heterocycles. The largest absolute Gasteiger partial charge is 0.482 e. The van der Waals surface area contributed by atoms with E-state index in [0.29, 0.717) is 0 Å². The fraction of sp³-hybridized carbons (Fsp3) is 0.364. The number of alkyl halides is 2. The van der Waals surface area contributed by atoms with Crippen molar-refractivity contribution in [3.05, 3.63) is 27.2 Å². The summed E-state index contributed by atoms with van der Waals surface area (Å²) in [5, 5.41) is 2.57. The number of halogens is 6. The zero-order valence-electron chi connectivity index (χ0n) is 10.5. The Hall–Kier alpha value is -0.530. The fourth-order valence-corrected chi connectivity index (χ4v) is 1.70. The molecule has 10 heteroatoms. The minimum Gasteiger partial charge on any atom is -0.482 e. The molecule has 1 aromatic rings. The average Bonchev–Trinajstić information content (AvgIpc) is 2.39. The van der Waals surface area contributed by atoms with E-state index in [1.54, 1.807) is 0 Å². The van der Waals surface area contributed by atoms with Gasteiger partial charge in [-0.05, 0) is 6.07 Å². The Labute approximate surface area is 141 Å². The summed E-state index contributed by atoms with van der Waals surface area (Å²) in [6.45, 7) is -2.20. The quantitative estimate of drug-likeness (QED) is 0.741. The Morgan fingerprint density at radius 1 is 1.24 bits per heavy atom. The number of carbonyl (C=O) groups is 1. The molecule has 0 aromatic heterocycles. The van der Waals surface area contributed by atoms with Gasteiger partial charge in [0.05, 0.1) is 28.2 Å². The van der Waals surface area contributed by atoms with E-state index in [9.17, 15) is 13.6 Å². The first-order valence-electron chi connectivity index (χ1n) is 5.37. The predicted molar refractivity (Wildman–Crippen MR) is 81.2 cm³/mol. The Morgan fingerprint density at radius 3 is 2.38 bits per heavy atom. The first-order chi connectivity index (χ1) is 9.25. The van der Waals surface area contributed by atoms with Gasteiger partial charge in [0.15, 0.2) is 6.61 Å². The van der Waals surface area contributed by atoms with Gasteiger partial charge in [-0.2, -0.15) is 0 Å². The Kier molecular flexibility index (Phi) is 8.58. The van der Waals surface area contributed by atoms with Crippen molar-refractivity contribution in [2.45, 2.75) is 5.92 Å². The average molecular weight is 384 g/mol. The van der Waals surface area contributed by atoms with Crippen LogP contribution in [0, 0.1) is 0 Å². The van der Waals surface area contributed by atoms with Crippen molar-refractivity contribution in [3.8, 4) is 5.75 Å². The van der Waals surface area contributed by atoms with E-state index in [1.807, 2.05) is 5.32 Å². The first kappa shape index (κ1) is 20.5. The monoisotopic (exact) mass is 382 g/mol. The molecule has 0 radical (unpaired) electrons. The van der Waals surface area contributed by atoms with Crippen LogP contribution in [0.2, 0.25) is 15.1 Å². The first-order valence-corrected chi connectivity index (χ1v) is 6.50. The molecule has 0 spiro atoms. The van der Waals surface area contributed by atoms with Crippen LogP contribution >= 0.6 is 47.2 Å². The highest BCUT2D eigenvalue weighted by Gasteiger charge is 2.27. The van der Waals surface area contributed by atoms with Crippen molar-refractivity contribution >= 4 is 53.1 Å². The predicted octanol–water partition coefficient (Wildman–Crippen LogP) is 3.16. The standard InChI is InChI=1S/C11H11Cl3F2N2O2.ClH/c12-6-1-8(14)9(2-7(6)13)20-3-10(19)18-5-11(15,16)4-17;/h1-2H,3-5,17H2,(H,18,19);1H. The topological polar surface area (TPSA) is 64.3 Å². The molecule has 0 unspecified atom stereocenters. The molecule has 0 bridgehead atoms. The van der Waals surface area contributed by atoms with Crippen LogP contribution in [0.5, 0.6) is 5.75 Å². The summed E-state index contributed by atoms with van der Waals surface area (Å²) in [6, 6.07) is 2.68. The van der Waals surface area contributed by atoms with Crippen molar-refractivity contribution in [3.63, 3.8) is 0 Å². The number of carbonyl (C=O) groups excluding carboxylic acids is 1. The Morgan fingerprint density at radius 2 is 1.81 bits per heavy atom.